The molecular formula is C19H14F4N2O. The van der Waals surface area contributed by atoms with Crippen LogP contribution in [0.5, 0.6) is 0 Å². The molecule has 2 unspecified atom stereocenters. The number of benzene rings is 1. The van der Waals surface area contributed by atoms with Crippen LogP contribution >= 0.6 is 0 Å². The molecule has 0 aliphatic heterocycles. The number of nitrogens with zero attached hydrogens (tertiary/aromatic N) is 1. The highest BCUT2D eigenvalue weighted by molar-refractivity contribution is 6.04. The number of amides is 1. The molecule has 7 heteroatoms. The van der Waals surface area contributed by atoms with Crippen molar-refractivity contribution in [1.29, 1.82) is 0 Å². The molecule has 26 heavy (non-hydrogen) atoms. The molecule has 0 saturated heterocycles. The van der Waals surface area contributed by atoms with Crippen molar-refractivity contribution in [2.75, 3.05) is 5.32 Å². The number of allylic oxidation sites excluding steroid dienone is 4. The summed E-state index contributed by atoms with van der Waals surface area (Å²) in [7, 11) is 0. The van der Waals surface area contributed by atoms with Gasteiger partial charge in [0.1, 0.15) is 6.17 Å². The number of anilines is 1. The van der Waals surface area contributed by atoms with Gasteiger partial charge in [0.15, 0.2) is 0 Å². The van der Waals surface area contributed by atoms with Crippen LogP contribution in [0.15, 0.2) is 66.9 Å². The van der Waals surface area contributed by atoms with E-state index in [2.05, 4.69) is 10.3 Å². The molecule has 3 rings (SSSR count). The van der Waals surface area contributed by atoms with Gasteiger partial charge in [0.25, 0.3) is 5.91 Å². The normalized spacial score (nSPS) is 19.4. The number of nitrogens with one attached hydrogen (secondary N) is 1. The van der Waals surface area contributed by atoms with E-state index >= 15 is 0 Å². The fourth-order valence-electron chi connectivity index (χ4n) is 2.56. The first-order valence-electron chi connectivity index (χ1n) is 7.78. The summed E-state index contributed by atoms with van der Waals surface area (Å²) in [5, 5.41) is 2.40. The van der Waals surface area contributed by atoms with Crippen molar-refractivity contribution in [2.45, 2.75) is 18.3 Å². The lowest BCUT2D eigenvalue weighted by Crippen LogP contribution is -2.16. The lowest BCUT2D eigenvalue weighted by molar-refractivity contribution is -0.137. The summed E-state index contributed by atoms with van der Waals surface area (Å²) in [4.78, 5) is 16.3. The quantitative estimate of drug-likeness (QED) is 0.789. The van der Waals surface area contributed by atoms with Gasteiger partial charge in [-0.2, -0.15) is 13.2 Å². The van der Waals surface area contributed by atoms with Crippen LogP contribution in [0.2, 0.25) is 0 Å². The maximum atomic E-state index is 13.9. The summed E-state index contributed by atoms with van der Waals surface area (Å²) >= 11 is 0. The van der Waals surface area contributed by atoms with E-state index in [1.165, 1.54) is 36.5 Å². The zero-order chi connectivity index (χ0) is 18.7. The fourth-order valence-corrected chi connectivity index (χ4v) is 2.56. The third-order valence-electron chi connectivity index (χ3n) is 3.91. The van der Waals surface area contributed by atoms with Gasteiger partial charge >= 0.3 is 6.18 Å². The van der Waals surface area contributed by atoms with Gasteiger partial charge in [-0.1, -0.05) is 24.3 Å². The zero-order valence-corrected chi connectivity index (χ0v) is 13.4. The molecule has 1 aliphatic rings. The summed E-state index contributed by atoms with van der Waals surface area (Å²) in [6.45, 7) is 0. The molecule has 0 spiro atoms. The third-order valence-corrected chi connectivity index (χ3v) is 3.91. The first kappa shape index (κ1) is 17.8. The second-order valence-electron chi connectivity index (χ2n) is 5.74. The third kappa shape index (κ3) is 3.99. The van der Waals surface area contributed by atoms with E-state index in [4.69, 9.17) is 0 Å². The van der Waals surface area contributed by atoms with Crippen LogP contribution in [-0.2, 0) is 6.18 Å². The number of hydrogen-bond acceptors (Lipinski definition) is 2. The van der Waals surface area contributed by atoms with Gasteiger partial charge in [-0.15, -0.1) is 0 Å². The van der Waals surface area contributed by atoms with Gasteiger partial charge in [0, 0.05) is 11.9 Å². The van der Waals surface area contributed by atoms with Crippen molar-refractivity contribution in [3.8, 4) is 0 Å². The molecule has 3 nitrogen and oxygen atoms in total. The number of hydrogen-bond donors (Lipinski definition) is 1. The maximum absolute atomic E-state index is 13.9. The summed E-state index contributed by atoms with van der Waals surface area (Å²) in [6.07, 6.45) is 2.01. The summed E-state index contributed by atoms with van der Waals surface area (Å²) in [6, 6.07) is 7.34. The summed E-state index contributed by atoms with van der Waals surface area (Å²) in [5.74, 6) is -1.13. The zero-order valence-electron chi connectivity index (χ0n) is 13.4. The Morgan fingerprint density at radius 2 is 1.85 bits per heavy atom. The van der Waals surface area contributed by atoms with Gasteiger partial charge in [0.05, 0.1) is 22.7 Å². The Balaban J connectivity index is 1.73. The van der Waals surface area contributed by atoms with Gasteiger partial charge in [-0.25, -0.2) is 4.39 Å². The van der Waals surface area contributed by atoms with Crippen molar-refractivity contribution in [3.63, 3.8) is 0 Å². The smallest absolute Gasteiger partial charge is 0.322 e. The Morgan fingerprint density at radius 1 is 1.08 bits per heavy atom. The minimum Gasteiger partial charge on any atom is -0.322 e. The van der Waals surface area contributed by atoms with E-state index < -0.39 is 29.7 Å². The first-order valence-corrected chi connectivity index (χ1v) is 7.78. The average molecular weight is 362 g/mol. The van der Waals surface area contributed by atoms with Crippen LogP contribution in [0.25, 0.3) is 0 Å². The van der Waals surface area contributed by atoms with Crippen LogP contribution in [-0.4, -0.2) is 17.1 Å². The van der Waals surface area contributed by atoms with E-state index in [1.807, 2.05) is 0 Å². The number of carbonyl (C=O) groups is 1. The highest BCUT2D eigenvalue weighted by atomic mass is 19.4. The molecule has 1 N–H and O–H groups in total. The Bertz CT molecular complexity index is 857. The monoisotopic (exact) mass is 362 g/mol. The Kier molecular flexibility index (Phi) is 4.88. The number of pyridine rings is 1. The molecule has 2 aromatic rings. The minimum absolute atomic E-state index is 0.0260. The van der Waals surface area contributed by atoms with E-state index in [0.29, 0.717) is 5.69 Å². The number of alkyl halides is 4. The lowest BCUT2D eigenvalue weighted by Gasteiger charge is -2.17. The molecule has 1 heterocycles. The predicted molar refractivity (Wildman–Crippen MR) is 89.6 cm³/mol. The topological polar surface area (TPSA) is 42.0 Å². The maximum Gasteiger partial charge on any atom is 0.416 e. The van der Waals surface area contributed by atoms with E-state index in [0.717, 1.165) is 12.1 Å². The highest BCUT2D eigenvalue weighted by Gasteiger charge is 2.30. The highest BCUT2D eigenvalue weighted by Crippen LogP contribution is 2.31. The SMILES string of the molecule is O=C(Nc1cccc(C(F)(F)F)c1)c1ccc(C2C=CC=CC2F)nc1. The van der Waals surface area contributed by atoms with Crippen molar-refractivity contribution >= 4 is 11.6 Å². The lowest BCUT2D eigenvalue weighted by atomic mass is 9.94. The molecule has 1 aromatic carbocycles. The number of halogens is 4. The van der Waals surface area contributed by atoms with Crippen LogP contribution in [0.4, 0.5) is 23.2 Å². The standard InChI is InChI=1S/C19H14F4N2O/c20-16-7-2-1-6-15(16)17-9-8-12(11-24-17)18(26)25-14-5-3-4-13(10-14)19(21,22)23/h1-11,15-16H,(H,25,26). The minimum atomic E-state index is -4.49. The van der Waals surface area contributed by atoms with Crippen LogP contribution in [0, 0.1) is 0 Å². The van der Waals surface area contributed by atoms with Crippen molar-refractivity contribution in [1.82, 2.24) is 4.98 Å². The number of carbonyl (C=O) groups excluding carboxylic acids is 1. The molecule has 0 fully saturated rings. The van der Waals surface area contributed by atoms with Gasteiger partial charge in [-0.05, 0) is 36.4 Å². The molecule has 0 bridgehead atoms. The van der Waals surface area contributed by atoms with Gasteiger partial charge in [0.2, 0.25) is 0 Å². The first-order chi connectivity index (χ1) is 12.3. The van der Waals surface area contributed by atoms with Crippen LogP contribution in [0.3, 0.4) is 0 Å². The molecule has 134 valence electrons. The van der Waals surface area contributed by atoms with Crippen LogP contribution < -0.4 is 5.32 Å². The molecule has 2 atom stereocenters. The van der Waals surface area contributed by atoms with Gasteiger partial charge in [-0.3, -0.25) is 9.78 Å². The van der Waals surface area contributed by atoms with E-state index in [1.54, 1.807) is 18.2 Å². The summed E-state index contributed by atoms with van der Waals surface area (Å²) in [5.41, 5.74) is -0.196. The van der Waals surface area contributed by atoms with Crippen molar-refractivity contribution in [3.05, 3.63) is 83.7 Å². The Hall–Kier alpha value is -2.96. The summed E-state index contributed by atoms with van der Waals surface area (Å²) < 4.78 is 52.0. The van der Waals surface area contributed by atoms with Crippen LogP contribution in [0.1, 0.15) is 27.5 Å². The average Bonchev–Trinajstić information content (AvgIpc) is 2.62. The van der Waals surface area contributed by atoms with Gasteiger partial charge < -0.3 is 5.32 Å². The Labute approximate surface area is 147 Å². The molecule has 0 radical (unpaired) electrons. The largest absolute Gasteiger partial charge is 0.416 e. The molecule has 1 aromatic heterocycles. The number of rotatable bonds is 3. The number of aromatic nitrogens is 1. The molecular weight excluding hydrogens is 348 g/mol. The van der Waals surface area contributed by atoms with Crippen molar-refractivity contribution < 1.29 is 22.4 Å². The second kappa shape index (κ2) is 7.11. The van der Waals surface area contributed by atoms with Crippen molar-refractivity contribution in [2.24, 2.45) is 0 Å². The predicted octanol–water partition coefficient (Wildman–Crippen LogP) is 4.90. The van der Waals surface area contributed by atoms with E-state index in [-0.39, 0.29) is 11.3 Å². The van der Waals surface area contributed by atoms with E-state index in [9.17, 15) is 22.4 Å². The fraction of sp³-hybridized carbons (Fsp3) is 0.158. The molecule has 1 amide bonds. The Morgan fingerprint density at radius 3 is 2.50 bits per heavy atom. The second-order valence-corrected chi connectivity index (χ2v) is 5.74. The molecule has 0 saturated carbocycles. The molecule has 1 aliphatic carbocycles.